The summed E-state index contributed by atoms with van der Waals surface area (Å²) in [5.41, 5.74) is 1.99. The molecule has 10 heteroatoms. The van der Waals surface area contributed by atoms with Crippen LogP contribution in [-0.2, 0) is 4.79 Å². The summed E-state index contributed by atoms with van der Waals surface area (Å²) in [6.07, 6.45) is 6.59. The van der Waals surface area contributed by atoms with Gasteiger partial charge < -0.3 is 14.9 Å². The smallest absolute Gasteiger partial charge is 0.341 e. The van der Waals surface area contributed by atoms with Gasteiger partial charge in [0.05, 0.1) is 23.8 Å². The maximum absolute atomic E-state index is 11.0. The van der Waals surface area contributed by atoms with Gasteiger partial charge in [-0.15, -0.1) is 16.4 Å². The van der Waals surface area contributed by atoms with Gasteiger partial charge in [-0.3, -0.25) is 4.40 Å². The number of aromatic nitrogens is 5. The fraction of sp³-hybridized carbons (Fsp3) is 0.263. The van der Waals surface area contributed by atoms with Gasteiger partial charge in [-0.1, -0.05) is 5.21 Å². The normalized spacial score (nSPS) is 14.9. The SMILES string of the molecule is O=C(O)COc1ccc(-n2cc(C(O)c3c(C4CC4)sc4cncn34)nn2)cc1. The minimum absolute atomic E-state index is 0.397. The molecule has 2 N–H and O–H groups in total. The van der Waals surface area contributed by atoms with Crippen molar-refractivity contribution in [2.75, 3.05) is 6.61 Å². The summed E-state index contributed by atoms with van der Waals surface area (Å²) in [6, 6.07) is 6.82. The Hall–Kier alpha value is -3.24. The Morgan fingerprint density at radius 2 is 2.10 bits per heavy atom. The number of aliphatic hydroxyl groups is 1. The van der Waals surface area contributed by atoms with Crippen LogP contribution in [0.1, 0.15) is 41.1 Å². The highest BCUT2D eigenvalue weighted by atomic mass is 32.1. The summed E-state index contributed by atoms with van der Waals surface area (Å²) < 4.78 is 8.62. The first-order chi connectivity index (χ1) is 14.1. The lowest BCUT2D eigenvalue weighted by Gasteiger charge is -2.09. The second kappa shape index (κ2) is 6.98. The molecule has 0 spiro atoms. The fourth-order valence-electron chi connectivity index (χ4n) is 3.24. The molecule has 0 radical (unpaired) electrons. The summed E-state index contributed by atoms with van der Waals surface area (Å²) in [5, 5.41) is 28.0. The molecule has 1 aromatic carbocycles. The van der Waals surface area contributed by atoms with Crippen molar-refractivity contribution in [3.8, 4) is 11.4 Å². The van der Waals surface area contributed by atoms with E-state index in [2.05, 4.69) is 15.3 Å². The molecule has 148 valence electrons. The number of ether oxygens (including phenoxy) is 1. The quantitative estimate of drug-likeness (QED) is 0.480. The number of aliphatic hydroxyl groups excluding tert-OH is 1. The Morgan fingerprint density at radius 3 is 2.83 bits per heavy atom. The van der Waals surface area contributed by atoms with E-state index in [1.807, 2.05) is 4.40 Å². The number of hydrogen-bond acceptors (Lipinski definition) is 7. The standard InChI is InChI=1S/C19H17N5O4S/c25-16(26)9-28-13-5-3-12(4-6-13)24-8-14(21-22-24)18(27)17-19(11-1-2-11)29-15-7-20-10-23(15)17/h3-8,10-11,18,27H,1-2,9H2,(H,25,26). The average Bonchev–Trinajstić information content (AvgIpc) is 3.13. The summed E-state index contributed by atoms with van der Waals surface area (Å²) >= 11 is 1.67. The van der Waals surface area contributed by atoms with Gasteiger partial charge in [0.25, 0.3) is 0 Å². The lowest BCUT2D eigenvalue weighted by molar-refractivity contribution is -0.139. The van der Waals surface area contributed by atoms with Crippen molar-refractivity contribution in [1.29, 1.82) is 0 Å². The highest BCUT2D eigenvalue weighted by molar-refractivity contribution is 7.17. The van der Waals surface area contributed by atoms with Crippen molar-refractivity contribution in [2.24, 2.45) is 0 Å². The molecule has 3 heterocycles. The molecule has 1 saturated carbocycles. The van der Waals surface area contributed by atoms with Crippen molar-refractivity contribution in [3.63, 3.8) is 0 Å². The Labute approximate surface area is 168 Å². The first-order valence-electron chi connectivity index (χ1n) is 9.10. The van der Waals surface area contributed by atoms with Crippen molar-refractivity contribution < 1.29 is 19.7 Å². The van der Waals surface area contributed by atoms with Crippen molar-refractivity contribution in [2.45, 2.75) is 24.9 Å². The maximum Gasteiger partial charge on any atom is 0.341 e. The van der Waals surface area contributed by atoms with Crippen LogP contribution in [0.4, 0.5) is 0 Å². The number of rotatable bonds is 7. The number of benzene rings is 1. The first-order valence-corrected chi connectivity index (χ1v) is 9.92. The average molecular weight is 411 g/mol. The van der Waals surface area contributed by atoms with E-state index in [1.165, 1.54) is 4.88 Å². The molecule has 1 aliphatic rings. The van der Waals surface area contributed by atoms with Gasteiger partial charge in [0.1, 0.15) is 28.7 Å². The number of hydrogen-bond donors (Lipinski definition) is 2. The van der Waals surface area contributed by atoms with Crippen LogP contribution in [0.5, 0.6) is 5.75 Å². The van der Waals surface area contributed by atoms with E-state index in [-0.39, 0.29) is 0 Å². The Morgan fingerprint density at radius 1 is 1.31 bits per heavy atom. The summed E-state index contributed by atoms with van der Waals surface area (Å²) in [5.74, 6) is -0.0840. The van der Waals surface area contributed by atoms with Crippen LogP contribution in [0, 0.1) is 0 Å². The van der Waals surface area contributed by atoms with E-state index < -0.39 is 18.7 Å². The molecule has 5 rings (SSSR count). The number of imidazole rings is 1. The zero-order valence-corrected chi connectivity index (χ0v) is 16.0. The summed E-state index contributed by atoms with van der Waals surface area (Å²) in [4.78, 5) is 17.0. The number of carboxylic acids is 1. The number of thiazole rings is 1. The molecule has 29 heavy (non-hydrogen) atoms. The highest BCUT2D eigenvalue weighted by Crippen LogP contribution is 2.47. The van der Waals surface area contributed by atoms with E-state index in [0.717, 1.165) is 29.1 Å². The van der Waals surface area contributed by atoms with Crippen LogP contribution < -0.4 is 4.74 Å². The second-order valence-electron chi connectivity index (χ2n) is 6.89. The van der Waals surface area contributed by atoms with Crippen LogP contribution in [0.25, 0.3) is 10.5 Å². The first kappa shape index (κ1) is 17.8. The topological polar surface area (TPSA) is 115 Å². The number of carbonyl (C=O) groups is 1. The number of nitrogens with zero attached hydrogens (tertiary/aromatic N) is 5. The lowest BCUT2D eigenvalue weighted by atomic mass is 10.1. The van der Waals surface area contributed by atoms with Crippen LogP contribution in [0.15, 0.2) is 43.0 Å². The molecule has 0 saturated heterocycles. The number of carboxylic acid groups (broad SMARTS) is 1. The van der Waals surface area contributed by atoms with E-state index in [0.29, 0.717) is 17.4 Å². The molecule has 0 aliphatic heterocycles. The lowest BCUT2D eigenvalue weighted by Crippen LogP contribution is -2.09. The summed E-state index contributed by atoms with van der Waals surface area (Å²) in [6.45, 7) is -0.397. The van der Waals surface area contributed by atoms with Crippen molar-refractivity contribution >= 4 is 22.1 Å². The third kappa shape index (κ3) is 3.36. The third-order valence-electron chi connectivity index (χ3n) is 4.79. The van der Waals surface area contributed by atoms with E-state index in [1.54, 1.807) is 59.0 Å². The molecule has 1 fully saturated rings. The van der Waals surface area contributed by atoms with Crippen LogP contribution in [0.3, 0.4) is 0 Å². The predicted molar refractivity (Wildman–Crippen MR) is 104 cm³/mol. The Kier molecular flexibility index (Phi) is 4.29. The van der Waals surface area contributed by atoms with Gasteiger partial charge in [0.15, 0.2) is 6.61 Å². The van der Waals surface area contributed by atoms with Gasteiger partial charge >= 0.3 is 5.97 Å². The zero-order chi connectivity index (χ0) is 20.0. The molecule has 1 aliphatic carbocycles. The minimum atomic E-state index is -1.03. The maximum atomic E-state index is 11.0. The Bertz CT molecular complexity index is 1180. The molecule has 3 aromatic heterocycles. The molecule has 9 nitrogen and oxygen atoms in total. The van der Waals surface area contributed by atoms with Gasteiger partial charge in [0, 0.05) is 4.88 Å². The van der Waals surface area contributed by atoms with E-state index >= 15 is 0 Å². The van der Waals surface area contributed by atoms with Crippen LogP contribution in [0.2, 0.25) is 0 Å². The largest absolute Gasteiger partial charge is 0.482 e. The van der Waals surface area contributed by atoms with Gasteiger partial charge in [0.2, 0.25) is 0 Å². The number of fused-ring (bicyclic) bond motifs is 1. The Balaban J connectivity index is 1.41. The van der Waals surface area contributed by atoms with E-state index in [9.17, 15) is 9.90 Å². The monoisotopic (exact) mass is 411 g/mol. The van der Waals surface area contributed by atoms with Gasteiger partial charge in [-0.2, -0.15) is 0 Å². The van der Waals surface area contributed by atoms with Crippen molar-refractivity contribution in [3.05, 3.63) is 59.3 Å². The predicted octanol–water partition coefficient (Wildman–Crippen LogP) is 2.40. The molecule has 0 amide bonds. The van der Waals surface area contributed by atoms with Gasteiger partial charge in [-0.05, 0) is 43.0 Å². The summed E-state index contributed by atoms with van der Waals surface area (Å²) in [7, 11) is 0. The van der Waals surface area contributed by atoms with Gasteiger partial charge in [-0.25, -0.2) is 14.5 Å². The molecular weight excluding hydrogens is 394 g/mol. The molecular formula is C19H17N5O4S. The molecule has 1 atom stereocenters. The molecule has 0 bridgehead atoms. The van der Waals surface area contributed by atoms with Crippen molar-refractivity contribution in [1.82, 2.24) is 24.4 Å². The zero-order valence-electron chi connectivity index (χ0n) is 15.2. The fourth-order valence-corrected chi connectivity index (χ4v) is 4.54. The highest BCUT2D eigenvalue weighted by Gasteiger charge is 2.33. The minimum Gasteiger partial charge on any atom is -0.482 e. The molecule has 1 unspecified atom stereocenters. The number of aliphatic carboxylic acids is 1. The van der Waals surface area contributed by atoms with E-state index in [4.69, 9.17) is 9.84 Å². The van der Waals surface area contributed by atoms with Crippen LogP contribution in [-0.4, -0.2) is 47.2 Å². The van der Waals surface area contributed by atoms with Crippen LogP contribution >= 0.6 is 11.3 Å². The third-order valence-corrected chi connectivity index (χ3v) is 6.07. The molecule has 4 aromatic rings. The second-order valence-corrected chi connectivity index (χ2v) is 7.96.